The summed E-state index contributed by atoms with van der Waals surface area (Å²) in [5.41, 5.74) is 1.99. The lowest BCUT2D eigenvalue weighted by Crippen LogP contribution is -2.32. The molecule has 0 heterocycles. The van der Waals surface area contributed by atoms with Crippen LogP contribution < -0.4 is 5.32 Å². The van der Waals surface area contributed by atoms with Gasteiger partial charge in [0, 0.05) is 18.7 Å². The van der Waals surface area contributed by atoms with Gasteiger partial charge >= 0.3 is 0 Å². The van der Waals surface area contributed by atoms with E-state index in [4.69, 9.17) is 0 Å². The molecule has 0 atom stereocenters. The van der Waals surface area contributed by atoms with E-state index in [1.54, 1.807) is 0 Å². The molecule has 1 amide bonds. The Morgan fingerprint density at radius 2 is 1.88 bits per heavy atom. The molecule has 0 saturated carbocycles. The van der Waals surface area contributed by atoms with E-state index in [0.717, 1.165) is 25.1 Å². The highest BCUT2D eigenvalue weighted by molar-refractivity contribution is 5.94. The van der Waals surface area contributed by atoms with E-state index in [1.165, 1.54) is 5.56 Å². The van der Waals surface area contributed by atoms with Crippen molar-refractivity contribution in [3.63, 3.8) is 0 Å². The first-order valence-electron chi connectivity index (χ1n) is 6.23. The molecule has 3 heteroatoms. The second-order valence-corrected chi connectivity index (χ2v) is 4.20. The van der Waals surface area contributed by atoms with Crippen LogP contribution in [0.2, 0.25) is 0 Å². The molecule has 1 aromatic rings. The summed E-state index contributed by atoms with van der Waals surface area (Å²) in [6.07, 6.45) is 1.00. The number of likely N-dealkylation sites (N-methyl/N-ethyl adjacent to an activating group) is 1. The third-order valence-corrected chi connectivity index (χ3v) is 2.94. The highest BCUT2D eigenvalue weighted by Crippen LogP contribution is 2.04. The van der Waals surface area contributed by atoms with E-state index in [1.807, 2.05) is 31.3 Å². The van der Waals surface area contributed by atoms with Gasteiger partial charge in [-0.1, -0.05) is 26.0 Å². The minimum absolute atomic E-state index is 0.0113. The van der Waals surface area contributed by atoms with Crippen LogP contribution in [0.4, 0.5) is 0 Å². The molecule has 1 aromatic carbocycles. The summed E-state index contributed by atoms with van der Waals surface area (Å²) in [6, 6.07) is 7.79. The van der Waals surface area contributed by atoms with Gasteiger partial charge in [0.1, 0.15) is 0 Å². The van der Waals surface area contributed by atoms with Crippen LogP contribution >= 0.6 is 0 Å². The van der Waals surface area contributed by atoms with E-state index in [0.29, 0.717) is 6.54 Å². The molecular formula is C14H22N2O. The summed E-state index contributed by atoms with van der Waals surface area (Å²) in [7, 11) is 2.04. The van der Waals surface area contributed by atoms with Crippen molar-refractivity contribution < 1.29 is 4.79 Å². The fourth-order valence-corrected chi connectivity index (χ4v) is 1.51. The molecule has 3 nitrogen and oxygen atoms in total. The molecule has 0 unspecified atom stereocenters. The van der Waals surface area contributed by atoms with Crippen LogP contribution in [0.5, 0.6) is 0 Å². The normalized spacial score (nSPS) is 10.6. The average molecular weight is 234 g/mol. The topological polar surface area (TPSA) is 32.3 Å². The van der Waals surface area contributed by atoms with Crippen molar-refractivity contribution in [2.24, 2.45) is 0 Å². The second-order valence-electron chi connectivity index (χ2n) is 4.20. The maximum atomic E-state index is 11.8. The number of amides is 1. The monoisotopic (exact) mass is 234 g/mol. The third-order valence-electron chi connectivity index (χ3n) is 2.94. The number of rotatable bonds is 6. The van der Waals surface area contributed by atoms with Crippen LogP contribution in [0.15, 0.2) is 24.3 Å². The summed E-state index contributed by atoms with van der Waals surface area (Å²) in [6.45, 7) is 6.79. The number of carbonyl (C=O) groups excluding carboxylic acids is 1. The summed E-state index contributed by atoms with van der Waals surface area (Å²) < 4.78 is 0. The van der Waals surface area contributed by atoms with E-state index < -0.39 is 0 Å². The molecule has 0 aliphatic carbocycles. The lowest BCUT2D eigenvalue weighted by Gasteiger charge is -2.14. The fraction of sp³-hybridized carbons (Fsp3) is 0.500. The Labute approximate surface area is 104 Å². The zero-order valence-electron chi connectivity index (χ0n) is 11.0. The van der Waals surface area contributed by atoms with E-state index >= 15 is 0 Å². The van der Waals surface area contributed by atoms with Gasteiger partial charge in [-0.05, 0) is 37.7 Å². The molecule has 1 rings (SSSR count). The number of aryl methyl sites for hydroxylation is 1. The zero-order valence-corrected chi connectivity index (χ0v) is 11.0. The van der Waals surface area contributed by atoms with Gasteiger partial charge in [0.15, 0.2) is 0 Å². The number of carbonyl (C=O) groups is 1. The first-order valence-corrected chi connectivity index (χ1v) is 6.23. The van der Waals surface area contributed by atoms with E-state index in [9.17, 15) is 4.79 Å². The van der Waals surface area contributed by atoms with Gasteiger partial charge in [-0.15, -0.1) is 0 Å². The molecule has 0 aliphatic heterocycles. The van der Waals surface area contributed by atoms with Gasteiger partial charge in [-0.2, -0.15) is 0 Å². The predicted octanol–water partition coefficient (Wildman–Crippen LogP) is 1.93. The number of hydrogen-bond donors (Lipinski definition) is 1. The van der Waals surface area contributed by atoms with Gasteiger partial charge < -0.3 is 10.2 Å². The standard InChI is InChI=1S/C14H22N2O/c1-4-12-6-8-13(9-7-12)14(17)15-10-11-16(3)5-2/h6-9H,4-5,10-11H2,1-3H3,(H,15,17). The largest absolute Gasteiger partial charge is 0.351 e. The lowest BCUT2D eigenvalue weighted by atomic mass is 10.1. The van der Waals surface area contributed by atoms with Gasteiger partial charge in [0.2, 0.25) is 0 Å². The molecule has 94 valence electrons. The summed E-state index contributed by atoms with van der Waals surface area (Å²) >= 11 is 0. The number of nitrogens with zero attached hydrogens (tertiary/aromatic N) is 1. The van der Waals surface area contributed by atoms with Gasteiger partial charge in [-0.3, -0.25) is 4.79 Å². The molecule has 17 heavy (non-hydrogen) atoms. The molecule has 0 aromatic heterocycles. The Bertz CT molecular complexity index is 346. The highest BCUT2D eigenvalue weighted by atomic mass is 16.1. The minimum atomic E-state index is 0.0113. The molecule has 0 bridgehead atoms. The Kier molecular flexibility index (Phi) is 5.70. The maximum Gasteiger partial charge on any atom is 0.251 e. The van der Waals surface area contributed by atoms with Crippen LogP contribution in [-0.4, -0.2) is 37.5 Å². The van der Waals surface area contributed by atoms with Crippen LogP contribution in [0, 0.1) is 0 Å². The Hall–Kier alpha value is -1.35. The summed E-state index contributed by atoms with van der Waals surface area (Å²) in [4.78, 5) is 14.0. The van der Waals surface area contributed by atoms with Crippen LogP contribution in [-0.2, 0) is 6.42 Å². The lowest BCUT2D eigenvalue weighted by molar-refractivity contribution is 0.0950. The summed E-state index contributed by atoms with van der Waals surface area (Å²) in [5.74, 6) is 0.0113. The first kappa shape index (κ1) is 13.7. The average Bonchev–Trinajstić information content (AvgIpc) is 2.38. The van der Waals surface area contributed by atoms with Crippen LogP contribution in [0.3, 0.4) is 0 Å². The van der Waals surface area contributed by atoms with Crippen molar-refractivity contribution in [1.29, 1.82) is 0 Å². The molecule has 0 aliphatic rings. The van der Waals surface area contributed by atoms with Gasteiger partial charge in [0.25, 0.3) is 5.91 Å². The number of nitrogens with one attached hydrogen (secondary N) is 1. The minimum Gasteiger partial charge on any atom is -0.351 e. The van der Waals surface area contributed by atoms with E-state index in [2.05, 4.69) is 24.1 Å². The Balaban J connectivity index is 2.41. The fourth-order valence-electron chi connectivity index (χ4n) is 1.51. The molecule has 0 fully saturated rings. The quantitative estimate of drug-likeness (QED) is 0.815. The van der Waals surface area contributed by atoms with Gasteiger partial charge in [-0.25, -0.2) is 0 Å². The SMILES string of the molecule is CCc1ccc(C(=O)NCCN(C)CC)cc1. The van der Waals surface area contributed by atoms with Crippen molar-refractivity contribution in [1.82, 2.24) is 10.2 Å². The molecular weight excluding hydrogens is 212 g/mol. The zero-order chi connectivity index (χ0) is 12.7. The smallest absolute Gasteiger partial charge is 0.251 e. The van der Waals surface area contributed by atoms with Crippen LogP contribution in [0.1, 0.15) is 29.8 Å². The molecule has 0 saturated heterocycles. The highest BCUT2D eigenvalue weighted by Gasteiger charge is 2.04. The third kappa shape index (κ3) is 4.57. The maximum absolute atomic E-state index is 11.8. The molecule has 0 spiro atoms. The Morgan fingerprint density at radius 3 is 2.41 bits per heavy atom. The van der Waals surface area contributed by atoms with Crippen molar-refractivity contribution in [2.45, 2.75) is 20.3 Å². The molecule has 0 radical (unpaired) electrons. The van der Waals surface area contributed by atoms with Crippen molar-refractivity contribution in [3.05, 3.63) is 35.4 Å². The van der Waals surface area contributed by atoms with Gasteiger partial charge in [0.05, 0.1) is 0 Å². The van der Waals surface area contributed by atoms with E-state index in [-0.39, 0.29) is 5.91 Å². The molecule has 1 N–H and O–H groups in total. The Morgan fingerprint density at radius 1 is 1.24 bits per heavy atom. The predicted molar refractivity (Wildman–Crippen MR) is 71.3 cm³/mol. The van der Waals surface area contributed by atoms with Crippen molar-refractivity contribution in [3.8, 4) is 0 Å². The summed E-state index contributed by atoms with van der Waals surface area (Å²) in [5, 5.41) is 2.92. The number of hydrogen-bond acceptors (Lipinski definition) is 2. The second kappa shape index (κ2) is 7.07. The van der Waals surface area contributed by atoms with Crippen LogP contribution in [0.25, 0.3) is 0 Å². The first-order chi connectivity index (χ1) is 8.17. The number of benzene rings is 1. The van der Waals surface area contributed by atoms with Crippen molar-refractivity contribution >= 4 is 5.91 Å². The van der Waals surface area contributed by atoms with Crippen molar-refractivity contribution in [2.75, 3.05) is 26.7 Å².